The summed E-state index contributed by atoms with van der Waals surface area (Å²) >= 11 is 0. The fourth-order valence-corrected chi connectivity index (χ4v) is 3.64. The van der Waals surface area contributed by atoms with Gasteiger partial charge in [-0.1, -0.05) is 91.0 Å². The molecule has 0 saturated carbocycles. The first kappa shape index (κ1) is 16.0. The molecule has 0 radical (unpaired) electrons. The van der Waals surface area contributed by atoms with Gasteiger partial charge in [0.05, 0.1) is 0 Å². The SMILES string of the molecule is O=Cc1nccn1C(c1ccccc1)(c1ccccc1)c1ccccc1. The van der Waals surface area contributed by atoms with Crippen LogP contribution >= 0.6 is 0 Å². The fraction of sp³-hybridized carbons (Fsp3) is 0.0435. The highest BCUT2D eigenvalue weighted by Gasteiger charge is 2.39. The molecule has 3 nitrogen and oxygen atoms in total. The zero-order valence-corrected chi connectivity index (χ0v) is 14.2. The summed E-state index contributed by atoms with van der Waals surface area (Å²) in [6.45, 7) is 0. The lowest BCUT2D eigenvalue weighted by atomic mass is 9.76. The lowest BCUT2D eigenvalue weighted by Crippen LogP contribution is -2.38. The van der Waals surface area contributed by atoms with Crippen molar-refractivity contribution in [3.63, 3.8) is 0 Å². The molecule has 0 spiro atoms. The molecule has 0 fully saturated rings. The highest BCUT2D eigenvalue weighted by molar-refractivity contribution is 5.70. The Morgan fingerprint density at radius 2 is 1.12 bits per heavy atom. The van der Waals surface area contributed by atoms with E-state index in [1.165, 1.54) is 0 Å². The lowest BCUT2D eigenvalue weighted by molar-refractivity contribution is 0.110. The van der Waals surface area contributed by atoms with Gasteiger partial charge in [-0.3, -0.25) is 4.79 Å². The summed E-state index contributed by atoms with van der Waals surface area (Å²) in [6, 6.07) is 30.7. The Hall–Kier alpha value is -3.46. The number of rotatable bonds is 5. The third kappa shape index (κ3) is 2.45. The first-order chi connectivity index (χ1) is 12.9. The van der Waals surface area contributed by atoms with E-state index < -0.39 is 5.54 Å². The molecule has 3 heteroatoms. The number of hydrogen-bond donors (Lipinski definition) is 0. The summed E-state index contributed by atoms with van der Waals surface area (Å²) in [5.41, 5.74) is 2.52. The van der Waals surface area contributed by atoms with Crippen LogP contribution in [0.3, 0.4) is 0 Å². The minimum Gasteiger partial charge on any atom is -0.310 e. The van der Waals surface area contributed by atoms with Crippen LogP contribution in [0.1, 0.15) is 27.3 Å². The van der Waals surface area contributed by atoms with Crippen molar-refractivity contribution in [3.8, 4) is 0 Å². The minimum absolute atomic E-state index is 0.390. The molecule has 0 unspecified atom stereocenters. The fourth-order valence-electron chi connectivity index (χ4n) is 3.64. The second-order valence-electron chi connectivity index (χ2n) is 6.08. The van der Waals surface area contributed by atoms with Crippen molar-refractivity contribution in [2.75, 3.05) is 0 Å². The molecular weight excluding hydrogens is 320 g/mol. The van der Waals surface area contributed by atoms with Crippen LogP contribution in [-0.2, 0) is 5.54 Å². The average molecular weight is 338 g/mol. The number of nitrogens with zero attached hydrogens (tertiary/aromatic N) is 2. The Labute approximate surface area is 152 Å². The monoisotopic (exact) mass is 338 g/mol. The molecule has 4 aromatic rings. The molecule has 3 aromatic carbocycles. The van der Waals surface area contributed by atoms with Crippen molar-refractivity contribution in [2.24, 2.45) is 0 Å². The summed E-state index contributed by atoms with van der Waals surface area (Å²) < 4.78 is 1.96. The van der Waals surface area contributed by atoms with Crippen LogP contribution in [0.5, 0.6) is 0 Å². The normalized spacial score (nSPS) is 11.2. The van der Waals surface area contributed by atoms with Crippen molar-refractivity contribution in [2.45, 2.75) is 5.54 Å². The Balaban J connectivity index is 2.16. The maximum atomic E-state index is 11.7. The van der Waals surface area contributed by atoms with Gasteiger partial charge < -0.3 is 4.57 Å². The van der Waals surface area contributed by atoms with Crippen LogP contribution in [-0.4, -0.2) is 15.8 Å². The summed E-state index contributed by atoms with van der Waals surface area (Å²) in [7, 11) is 0. The van der Waals surface area contributed by atoms with E-state index in [-0.39, 0.29) is 0 Å². The lowest BCUT2D eigenvalue weighted by Gasteiger charge is -2.38. The molecule has 1 heterocycles. The Bertz CT molecular complexity index is 895. The first-order valence-corrected chi connectivity index (χ1v) is 8.53. The van der Waals surface area contributed by atoms with E-state index in [0.29, 0.717) is 5.82 Å². The number of hydrogen-bond acceptors (Lipinski definition) is 2. The van der Waals surface area contributed by atoms with Gasteiger partial charge >= 0.3 is 0 Å². The van der Waals surface area contributed by atoms with Crippen LogP contribution in [0.2, 0.25) is 0 Å². The van der Waals surface area contributed by atoms with E-state index >= 15 is 0 Å². The largest absolute Gasteiger partial charge is 0.310 e. The molecule has 0 bridgehead atoms. The highest BCUT2D eigenvalue weighted by atomic mass is 16.1. The molecule has 0 N–H and O–H groups in total. The molecule has 0 amide bonds. The molecule has 4 rings (SSSR count). The van der Waals surface area contributed by atoms with Gasteiger partial charge in [0.25, 0.3) is 0 Å². The van der Waals surface area contributed by atoms with E-state index in [4.69, 9.17) is 0 Å². The summed E-state index contributed by atoms with van der Waals surface area (Å²) in [5, 5.41) is 0. The smallest absolute Gasteiger partial charge is 0.185 e. The maximum Gasteiger partial charge on any atom is 0.185 e. The van der Waals surface area contributed by atoms with Gasteiger partial charge in [0.15, 0.2) is 12.1 Å². The van der Waals surface area contributed by atoms with Crippen molar-refractivity contribution in [1.82, 2.24) is 9.55 Å². The van der Waals surface area contributed by atoms with E-state index in [1.807, 2.05) is 65.4 Å². The third-order valence-electron chi connectivity index (χ3n) is 4.71. The minimum atomic E-state index is -0.684. The van der Waals surface area contributed by atoms with E-state index in [1.54, 1.807) is 6.20 Å². The number of aldehydes is 1. The number of carbonyl (C=O) groups is 1. The third-order valence-corrected chi connectivity index (χ3v) is 4.71. The number of aromatic nitrogens is 2. The first-order valence-electron chi connectivity index (χ1n) is 8.53. The number of benzene rings is 3. The van der Waals surface area contributed by atoms with Gasteiger partial charge in [-0.15, -0.1) is 0 Å². The summed E-state index contributed by atoms with van der Waals surface area (Å²) in [4.78, 5) is 16.0. The van der Waals surface area contributed by atoms with Crippen LogP contribution < -0.4 is 0 Å². The molecular formula is C23H18N2O. The summed E-state index contributed by atoms with van der Waals surface area (Å²) in [6.07, 6.45) is 4.35. The molecule has 0 aliphatic carbocycles. The molecule has 126 valence electrons. The summed E-state index contributed by atoms with van der Waals surface area (Å²) in [5.74, 6) is 0.390. The van der Waals surface area contributed by atoms with Crippen LogP contribution in [0.4, 0.5) is 0 Å². The Morgan fingerprint density at radius 3 is 1.50 bits per heavy atom. The average Bonchev–Trinajstić information content (AvgIpc) is 3.20. The second kappa shape index (κ2) is 6.81. The van der Waals surface area contributed by atoms with Gasteiger partial charge in [-0.05, 0) is 16.7 Å². The standard InChI is InChI=1S/C23H18N2O/c26-18-22-24-16-17-25(22)23(19-10-4-1-5-11-19,20-12-6-2-7-13-20)21-14-8-3-9-15-21/h1-18H. The maximum absolute atomic E-state index is 11.7. The number of carbonyl (C=O) groups excluding carboxylic acids is 1. The zero-order valence-electron chi connectivity index (χ0n) is 14.2. The van der Waals surface area contributed by atoms with Gasteiger partial charge in [-0.2, -0.15) is 0 Å². The highest BCUT2D eigenvalue weighted by Crippen LogP contribution is 2.41. The second-order valence-corrected chi connectivity index (χ2v) is 6.08. The van der Waals surface area contributed by atoms with E-state index in [0.717, 1.165) is 23.0 Å². The predicted octanol–water partition coefficient (Wildman–Crippen LogP) is 4.54. The van der Waals surface area contributed by atoms with Gasteiger partial charge in [0.1, 0.15) is 5.54 Å². The van der Waals surface area contributed by atoms with Crippen LogP contribution in [0.25, 0.3) is 0 Å². The van der Waals surface area contributed by atoms with Crippen molar-refractivity contribution in [1.29, 1.82) is 0 Å². The topological polar surface area (TPSA) is 34.9 Å². The van der Waals surface area contributed by atoms with Crippen LogP contribution in [0, 0.1) is 0 Å². The van der Waals surface area contributed by atoms with Crippen molar-refractivity contribution in [3.05, 3.63) is 126 Å². The van der Waals surface area contributed by atoms with Crippen molar-refractivity contribution < 1.29 is 4.79 Å². The molecule has 0 saturated heterocycles. The van der Waals surface area contributed by atoms with E-state index in [2.05, 4.69) is 41.4 Å². The van der Waals surface area contributed by atoms with Gasteiger partial charge in [-0.25, -0.2) is 4.98 Å². The molecule has 0 atom stereocenters. The Kier molecular flexibility index (Phi) is 4.20. The van der Waals surface area contributed by atoms with Crippen molar-refractivity contribution >= 4 is 6.29 Å². The van der Waals surface area contributed by atoms with Gasteiger partial charge in [0, 0.05) is 12.4 Å². The predicted molar refractivity (Wildman–Crippen MR) is 102 cm³/mol. The molecule has 0 aliphatic rings. The van der Waals surface area contributed by atoms with E-state index in [9.17, 15) is 4.79 Å². The Morgan fingerprint density at radius 1 is 0.692 bits per heavy atom. The quantitative estimate of drug-likeness (QED) is 0.396. The molecule has 0 aliphatic heterocycles. The van der Waals surface area contributed by atoms with Gasteiger partial charge in [0.2, 0.25) is 0 Å². The molecule has 26 heavy (non-hydrogen) atoms. The molecule has 1 aromatic heterocycles. The zero-order chi connectivity index (χ0) is 17.8. The number of imidazole rings is 1. The van der Waals surface area contributed by atoms with Crippen LogP contribution in [0.15, 0.2) is 103 Å².